The lowest BCUT2D eigenvalue weighted by Gasteiger charge is -2.24. The fraction of sp³-hybridized carbons (Fsp3) is 0.316. The van der Waals surface area contributed by atoms with Gasteiger partial charge in [0.2, 0.25) is 0 Å². The summed E-state index contributed by atoms with van der Waals surface area (Å²) in [5.74, 6) is 0. The average Bonchev–Trinajstić information content (AvgIpc) is 2.97. The Bertz CT molecular complexity index is 1030. The number of urea groups is 1. The standard InChI is InChI=1S/C19H18ClF3N2O4S/c1-30(27,28)29-10-9-24-12-17(13-3-2-4-14(11-13)19(21,22)23)25(18(24)26)16-7-5-15(20)6-8-16/h2-8,11,17H,9-10,12H2,1H3. The van der Waals surface area contributed by atoms with Crippen molar-refractivity contribution in [1.29, 1.82) is 0 Å². The van der Waals surface area contributed by atoms with Crippen molar-refractivity contribution in [3.8, 4) is 0 Å². The number of halogens is 4. The van der Waals surface area contributed by atoms with Gasteiger partial charge in [0.1, 0.15) is 0 Å². The summed E-state index contributed by atoms with van der Waals surface area (Å²) in [7, 11) is -3.68. The number of alkyl halides is 3. The molecular formula is C19H18ClF3N2O4S. The van der Waals surface area contributed by atoms with Crippen molar-refractivity contribution in [3.05, 3.63) is 64.7 Å². The number of anilines is 1. The van der Waals surface area contributed by atoms with E-state index in [-0.39, 0.29) is 19.7 Å². The Morgan fingerprint density at radius 1 is 1.17 bits per heavy atom. The molecule has 11 heteroatoms. The van der Waals surface area contributed by atoms with Crippen LogP contribution in [0.15, 0.2) is 48.5 Å². The van der Waals surface area contributed by atoms with Crippen LogP contribution < -0.4 is 4.90 Å². The predicted molar refractivity (Wildman–Crippen MR) is 106 cm³/mol. The quantitative estimate of drug-likeness (QED) is 0.600. The van der Waals surface area contributed by atoms with Crippen molar-refractivity contribution in [1.82, 2.24) is 4.90 Å². The van der Waals surface area contributed by atoms with Gasteiger partial charge in [-0.15, -0.1) is 0 Å². The van der Waals surface area contributed by atoms with Gasteiger partial charge in [-0.05, 0) is 42.0 Å². The highest BCUT2D eigenvalue weighted by Crippen LogP contribution is 2.37. The first-order chi connectivity index (χ1) is 14.0. The number of carbonyl (C=O) groups excluding carboxylic acids is 1. The number of carbonyl (C=O) groups is 1. The summed E-state index contributed by atoms with van der Waals surface area (Å²) in [6.07, 6.45) is -3.63. The molecule has 2 aromatic rings. The second kappa shape index (κ2) is 8.44. The molecule has 2 aromatic carbocycles. The molecule has 0 bridgehead atoms. The molecule has 1 atom stereocenters. The van der Waals surface area contributed by atoms with E-state index in [0.29, 0.717) is 16.3 Å². The molecule has 0 aromatic heterocycles. The van der Waals surface area contributed by atoms with Crippen LogP contribution in [0, 0.1) is 0 Å². The predicted octanol–water partition coefficient (Wildman–Crippen LogP) is 4.32. The van der Waals surface area contributed by atoms with E-state index in [1.54, 1.807) is 24.3 Å². The molecule has 1 aliphatic heterocycles. The number of hydrogen-bond acceptors (Lipinski definition) is 4. The number of nitrogens with zero attached hydrogens (tertiary/aromatic N) is 2. The van der Waals surface area contributed by atoms with Crippen molar-refractivity contribution in [2.75, 3.05) is 30.9 Å². The van der Waals surface area contributed by atoms with E-state index < -0.39 is 33.9 Å². The van der Waals surface area contributed by atoms with Gasteiger partial charge >= 0.3 is 12.2 Å². The molecule has 6 nitrogen and oxygen atoms in total. The molecule has 1 saturated heterocycles. The van der Waals surface area contributed by atoms with Crippen LogP contribution in [-0.2, 0) is 20.5 Å². The summed E-state index contributed by atoms with van der Waals surface area (Å²) in [6.45, 7) is -0.226. The second-order valence-electron chi connectivity index (χ2n) is 6.74. The average molecular weight is 463 g/mol. The van der Waals surface area contributed by atoms with Gasteiger partial charge < -0.3 is 4.90 Å². The largest absolute Gasteiger partial charge is 0.416 e. The molecule has 1 unspecified atom stereocenters. The zero-order valence-corrected chi connectivity index (χ0v) is 17.3. The monoisotopic (exact) mass is 462 g/mol. The van der Waals surface area contributed by atoms with Crippen LogP contribution in [-0.4, -0.2) is 45.3 Å². The molecular weight excluding hydrogens is 445 g/mol. The van der Waals surface area contributed by atoms with Gasteiger partial charge in [0.25, 0.3) is 10.1 Å². The highest BCUT2D eigenvalue weighted by atomic mass is 35.5. The van der Waals surface area contributed by atoms with E-state index in [4.69, 9.17) is 15.8 Å². The first kappa shape index (κ1) is 22.4. The maximum Gasteiger partial charge on any atom is 0.416 e. The van der Waals surface area contributed by atoms with Gasteiger partial charge in [-0.25, -0.2) is 4.79 Å². The van der Waals surface area contributed by atoms with E-state index in [9.17, 15) is 26.4 Å². The van der Waals surface area contributed by atoms with Gasteiger partial charge in [-0.2, -0.15) is 21.6 Å². The maximum atomic E-state index is 13.2. The molecule has 1 heterocycles. The normalized spacial score (nSPS) is 17.6. The van der Waals surface area contributed by atoms with Crippen LogP contribution in [0.2, 0.25) is 5.02 Å². The van der Waals surface area contributed by atoms with Crippen molar-refractivity contribution in [3.63, 3.8) is 0 Å². The molecule has 2 amide bonds. The fourth-order valence-electron chi connectivity index (χ4n) is 3.21. The summed E-state index contributed by atoms with van der Waals surface area (Å²) >= 11 is 5.91. The number of rotatable bonds is 6. The minimum atomic E-state index is -4.52. The molecule has 3 rings (SSSR count). The van der Waals surface area contributed by atoms with Crippen LogP contribution in [0.25, 0.3) is 0 Å². The summed E-state index contributed by atoms with van der Waals surface area (Å²) < 4.78 is 66.5. The van der Waals surface area contributed by atoms with Gasteiger partial charge in [-0.3, -0.25) is 9.08 Å². The molecule has 0 aliphatic carbocycles. The maximum absolute atomic E-state index is 13.2. The van der Waals surface area contributed by atoms with Gasteiger partial charge in [0, 0.05) is 23.8 Å². The zero-order chi connectivity index (χ0) is 22.1. The van der Waals surface area contributed by atoms with Crippen LogP contribution in [0.4, 0.5) is 23.7 Å². The van der Waals surface area contributed by atoms with E-state index in [1.807, 2.05) is 0 Å². The van der Waals surface area contributed by atoms with Gasteiger partial charge in [-0.1, -0.05) is 23.7 Å². The minimum absolute atomic E-state index is 0.0363. The molecule has 1 fully saturated rings. The molecule has 0 N–H and O–H groups in total. The third-order valence-electron chi connectivity index (χ3n) is 4.54. The Morgan fingerprint density at radius 2 is 1.83 bits per heavy atom. The van der Waals surface area contributed by atoms with Gasteiger partial charge in [0.05, 0.1) is 24.5 Å². The lowest BCUT2D eigenvalue weighted by Crippen LogP contribution is -2.34. The Morgan fingerprint density at radius 3 is 2.43 bits per heavy atom. The highest BCUT2D eigenvalue weighted by Gasteiger charge is 2.40. The summed E-state index contributed by atoms with van der Waals surface area (Å²) in [6, 6.07) is 9.93. The highest BCUT2D eigenvalue weighted by molar-refractivity contribution is 7.85. The number of benzene rings is 2. The first-order valence-corrected chi connectivity index (χ1v) is 11.0. The Kier molecular flexibility index (Phi) is 6.30. The number of amides is 2. The topological polar surface area (TPSA) is 66.9 Å². The molecule has 0 spiro atoms. The Labute approximate surface area is 176 Å². The third-order valence-corrected chi connectivity index (χ3v) is 5.39. The molecule has 162 valence electrons. The molecule has 30 heavy (non-hydrogen) atoms. The Hall–Kier alpha value is -2.30. The van der Waals surface area contributed by atoms with Crippen molar-refractivity contribution >= 4 is 33.4 Å². The molecule has 1 aliphatic rings. The molecule has 0 radical (unpaired) electrons. The number of hydrogen-bond donors (Lipinski definition) is 0. The third kappa shape index (κ3) is 5.24. The summed E-state index contributed by atoms with van der Waals surface area (Å²) in [5.41, 5.74) is -0.0552. The van der Waals surface area contributed by atoms with Crippen molar-refractivity contribution < 1.29 is 30.6 Å². The molecule has 0 saturated carbocycles. The van der Waals surface area contributed by atoms with Gasteiger partial charge in [0.15, 0.2) is 0 Å². The first-order valence-electron chi connectivity index (χ1n) is 8.81. The van der Waals surface area contributed by atoms with E-state index in [1.165, 1.54) is 21.9 Å². The van der Waals surface area contributed by atoms with Crippen molar-refractivity contribution in [2.45, 2.75) is 12.2 Å². The lowest BCUT2D eigenvalue weighted by molar-refractivity contribution is -0.137. The SMILES string of the molecule is CS(=O)(=O)OCCN1CC(c2cccc(C(F)(F)F)c2)N(c2ccc(Cl)cc2)C1=O. The Balaban J connectivity index is 1.94. The second-order valence-corrected chi connectivity index (χ2v) is 8.82. The zero-order valence-electron chi connectivity index (χ0n) is 15.8. The fourth-order valence-corrected chi connectivity index (χ4v) is 3.71. The smallest absolute Gasteiger partial charge is 0.320 e. The van der Waals surface area contributed by atoms with Crippen LogP contribution in [0.3, 0.4) is 0 Å². The summed E-state index contributed by atoms with van der Waals surface area (Å²) in [5, 5.41) is 0.444. The minimum Gasteiger partial charge on any atom is -0.320 e. The lowest BCUT2D eigenvalue weighted by atomic mass is 10.0. The van der Waals surface area contributed by atoms with E-state index in [0.717, 1.165) is 18.4 Å². The van der Waals surface area contributed by atoms with Crippen LogP contribution in [0.5, 0.6) is 0 Å². The van der Waals surface area contributed by atoms with Crippen molar-refractivity contribution in [2.24, 2.45) is 0 Å². The summed E-state index contributed by atoms with van der Waals surface area (Å²) in [4.78, 5) is 15.7. The van der Waals surface area contributed by atoms with E-state index >= 15 is 0 Å². The van der Waals surface area contributed by atoms with Crippen LogP contribution >= 0.6 is 11.6 Å². The van der Waals surface area contributed by atoms with E-state index in [2.05, 4.69) is 0 Å². The van der Waals surface area contributed by atoms with Crippen LogP contribution in [0.1, 0.15) is 17.2 Å².